The molecular weight excluding hydrogens is 320 g/mol. The van der Waals surface area contributed by atoms with E-state index in [-0.39, 0.29) is 32.6 Å². The van der Waals surface area contributed by atoms with Crippen molar-refractivity contribution in [1.82, 2.24) is 0 Å². The predicted molar refractivity (Wildman–Crippen MR) is 83.3 cm³/mol. The van der Waals surface area contributed by atoms with Gasteiger partial charge in [0.05, 0.1) is 14.2 Å². The fourth-order valence-electron chi connectivity index (χ4n) is 6.13. The van der Waals surface area contributed by atoms with Gasteiger partial charge in [-0.15, -0.1) is 37.0 Å². The van der Waals surface area contributed by atoms with Gasteiger partial charge in [0.25, 0.3) is 0 Å². The first-order valence-electron chi connectivity index (χ1n) is 5.99. The second-order valence-electron chi connectivity index (χ2n) is 6.22. The van der Waals surface area contributed by atoms with Crippen LogP contribution in [0.4, 0.5) is 0 Å². The second-order valence-corrected chi connectivity index (χ2v) is 9.92. The summed E-state index contributed by atoms with van der Waals surface area (Å²) < 4.78 is 10.1. The van der Waals surface area contributed by atoms with E-state index in [0.29, 0.717) is 0 Å². The topological polar surface area (TPSA) is 52.6 Å². The maximum Gasteiger partial charge on any atom is 0.314 e. The van der Waals surface area contributed by atoms with E-state index in [1.807, 2.05) is 0 Å². The van der Waals surface area contributed by atoms with Crippen LogP contribution in [-0.2, 0) is 19.1 Å². The second kappa shape index (κ2) is 2.79. The van der Waals surface area contributed by atoms with Gasteiger partial charge in [-0.25, -0.2) is 0 Å². The summed E-state index contributed by atoms with van der Waals surface area (Å²) in [4.78, 5) is 25.0. The Balaban J connectivity index is 2.01. The fourth-order valence-corrected chi connectivity index (χ4v) is 12.2. The summed E-state index contributed by atoms with van der Waals surface area (Å²) in [6.45, 7) is 0. The molecule has 5 fully saturated rings. The molecule has 0 saturated heterocycles. The molecule has 2 bridgehead atoms. The molecule has 4 nitrogen and oxygen atoms in total. The zero-order valence-electron chi connectivity index (χ0n) is 10.6. The van der Waals surface area contributed by atoms with Gasteiger partial charge in [-0.05, 0) is 6.42 Å². The maximum absolute atomic E-state index is 12.5. The minimum absolute atomic E-state index is 0.282. The standard InChI is InChI=1S/C11H16O4P4/c1-14-4(12)8-6(16)3-7(17)9(8,5(13)15-2)11(7,19)10(6,8)18/h3,16-19H2,1-2H3/t6-,7+,8?,9?,10?,11?. The summed E-state index contributed by atoms with van der Waals surface area (Å²) in [5.74, 6) is -0.578. The third kappa shape index (κ3) is 0.630. The lowest BCUT2D eigenvalue weighted by atomic mass is 9.70. The number of carbonyl (C=O) groups excluding carboxylic acids is 2. The molecule has 104 valence electrons. The molecule has 5 saturated carbocycles. The van der Waals surface area contributed by atoms with E-state index in [0.717, 1.165) is 6.42 Å². The zero-order valence-corrected chi connectivity index (χ0v) is 15.3. The molecule has 19 heavy (non-hydrogen) atoms. The van der Waals surface area contributed by atoms with Gasteiger partial charge in [-0.1, -0.05) is 0 Å². The SMILES string of the molecule is COC(=O)C12C3(P)C4(P)C1(C(=O)OC)[C@]4(P)C[C@@]32P. The van der Waals surface area contributed by atoms with Crippen molar-refractivity contribution in [3.63, 3.8) is 0 Å². The van der Waals surface area contributed by atoms with Crippen LogP contribution in [0.3, 0.4) is 0 Å². The van der Waals surface area contributed by atoms with Gasteiger partial charge >= 0.3 is 11.9 Å². The van der Waals surface area contributed by atoms with Gasteiger partial charge in [-0.3, -0.25) is 9.59 Å². The summed E-state index contributed by atoms with van der Waals surface area (Å²) in [6, 6.07) is 0. The Bertz CT molecular complexity index is 547. The van der Waals surface area contributed by atoms with Crippen molar-refractivity contribution in [3.05, 3.63) is 0 Å². The summed E-state index contributed by atoms with van der Waals surface area (Å²) in [5.41, 5.74) is -1.54. The van der Waals surface area contributed by atoms with Crippen LogP contribution in [0.1, 0.15) is 6.42 Å². The molecule has 5 rings (SSSR count). The Morgan fingerprint density at radius 2 is 1.16 bits per heavy atom. The van der Waals surface area contributed by atoms with E-state index < -0.39 is 10.8 Å². The van der Waals surface area contributed by atoms with Gasteiger partial charge in [0, 0.05) is 20.6 Å². The van der Waals surface area contributed by atoms with Crippen molar-refractivity contribution in [3.8, 4) is 0 Å². The first-order chi connectivity index (χ1) is 8.67. The largest absolute Gasteiger partial charge is 0.469 e. The van der Waals surface area contributed by atoms with Crippen LogP contribution in [0.15, 0.2) is 0 Å². The highest BCUT2D eigenvalue weighted by atomic mass is 31.0. The van der Waals surface area contributed by atoms with Gasteiger partial charge in [-0.2, -0.15) is 0 Å². The van der Waals surface area contributed by atoms with Crippen molar-refractivity contribution >= 4 is 48.9 Å². The number of methoxy groups -OCH3 is 2. The fraction of sp³-hybridized carbons (Fsp3) is 0.818. The minimum Gasteiger partial charge on any atom is -0.469 e. The summed E-state index contributed by atoms with van der Waals surface area (Å²) >= 11 is 0. The third-order valence-electron chi connectivity index (χ3n) is 6.53. The molecule has 5 aliphatic rings. The predicted octanol–water partition coefficient (Wildman–Crippen LogP) is 0.205. The molecule has 0 aromatic carbocycles. The molecule has 0 aromatic heterocycles. The smallest absolute Gasteiger partial charge is 0.314 e. The first-order valence-corrected chi connectivity index (χ1v) is 8.30. The highest BCUT2D eigenvalue weighted by molar-refractivity contribution is 7.36. The molecule has 0 aliphatic heterocycles. The van der Waals surface area contributed by atoms with Crippen LogP contribution in [0.5, 0.6) is 0 Å². The van der Waals surface area contributed by atoms with E-state index in [1.54, 1.807) is 0 Å². The minimum atomic E-state index is -0.770. The Morgan fingerprint density at radius 3 is 1.37 bits per heavy atom. The number of hydrogen-bond donors (Lipinski definition) is 0. The number of ether oxygens (including phenoxy) is 2. The van der Waals surface area contributed by atoms with Crippen LogP contribution in [0.25, 0.3) is 0 Å². The summed E-state index contributed by atoms with van der Waals surface area (Å²) in [5, 5.41) is -1.17. The van der Waals surface area contributed by atoms with E-state index >= 15 is 0 Å². The van der Waals surface area contributed by atoms with E-state index in [4.69, 9.17) is 9.47 Å². The van der Waals surface area contributed by atoms with Crippen molar-refractivity contribution in [1.29, 1.82) is 0 Å². The number of carbonyl (C=O) groups is 2. The normalized spacial score (nSPS) is 65.8. The number of esters is 2. The van der Waals surface area contributed by atoms with E-state index in [1.165, 1.54) is 14.2 Å². The first kappa shape index (κ1) is 13.3. The lowest BCUT2D eigenvalue weighted by Gasteiger charge is -2.42. The quantitative estimate of drug-likeness (QED) is 0.534. The van der Waals surface area contributed by atoms with Crippen molar-refractivity contribution in [2.45, 2.75) is 27.0 Å². The summed E-state index contributed by atoms with van der Waals surface area (Å²) in [7, 11) is 14.1. The average Bonchev–Trinajstić information content (AvgIpc) is 2.85. The lowest BCUT2D eigenvalue weighted by Crippen LogP contribution is -2.56. The molecular formula is C11H16O4P4. The van der Waals surface area contributed by atoms with E-state index in [9.17, 15) is 9.59 Å². The molecule has 10 atom stereocenters. The lowest BCUT2D eigenvalue weighted by molar-refractivity contribution is -0.166. The van der Waals surface area contributed by atoms with E-state index in [2.05, 4.69) is 37.0 Å². The van der Waals surface area contributed by atoms with Crippen molar-refractivity contribution < 1.29 is 19.1 Å². The molecule has 8 heteroatoms. The highest BCUT2D eigenvalue weighted by Gasteiger charge is 3.27. The Labute approximate surface area is 120 Å². The molecule has 0 spiro atoms. The van der Waals surface area contributed by atoms with Gasteiger partial charge in [0.2, 0.25) is 0 Å². The molecule has 0 amide bonds. The Hall–Kier alpha value is 0.660. The average molecular weight is 336 g/mol. The van der Waals surface area contributed by atoms with Crippen LogP contribution < -0.4 is 0 Å². The van der Waals surface area contributed by atoms with Crippen LogP contribution in [-0.4, -0.2) is 46.8 Å². The van der Waals surface area contributed by atoms with Crippen LogP contribution in [0.2, 0.25) is 0 Å². The zero-order chi connectivity index (χ0) is 14.3. The highest BCUT2D eigenvalue weighted by Crippen LogP contribution is 3.17. The van der Waals surface area contributed by atoms with Gasteiger partial charge in [0.15, 0.2) is 0 Å². The Morgan fingerprint density at radius 1 is 0.842 bits per heavy atom. The monoisotopic (exact) mass is 336 g/mol. The number of rotatable bonds is 2. The van der Waals surface area contributed by atoms with Crippen LogP contribution >= 0.6 is 37.0 Å². The molecule has 0 radical (unpaired) electrons. The third-order valence-corrected chi connectivity index (χ3v) is 12.5. The number of hydrogen-bond acceptors (Lipinski definition) is 4. The Kier molecular flexibility index (Phi) is 1.96. The van der Waals surface area contributed by atoms with Gasteiger partial charge in [0.1, 0.15) is 10.8 Å². The molecule has 8 unspecified atom stereocenters. The van der Waals surface area contributed by atoms with Gasteiger partial charge < -0.3 is 9.47 Å². The van der Waals surface area contributed by atoms with Crippen molar-refractivity contribution in [2.24, 2.45) is 10.8 Å². The molecule has 0 heterocycles. The summed E-state index contributed by atoms with van der Waals surface area (Å²) in [6.07, 6.45) is 0.798. The maximum atomic E-state index is 12.5. The van der Waals surface area contributed by atoms with Crippen LogP contribution in [0, 0.1) is 10.8 Å². The molecule has 5 aliphatic carbocycles. The molecule has 0 aromatic rings. The molecule has 0 N–H and O–H groups in total. The van der Waals surface area contributed by atoms with Crippen molar-refractivity contribution in [2.75, 3.05) is 14.2 Å².